The molecule has 0 saturated heterocycles. The fourth-order valence-electron chi connectivity index (χ4n) is 1.80. The lowest BCUT2D eigenvalue weighted by molar-refractivity contribution is 0.0595. The van der Waals surface area contributed by atoms with Gasteiger partial charge in [0.15, 0.2) is 0 Å². The maximum Gasteiger partial charge on any atom is 0.341 e. The number of carbonyl (C=O) groups is 1. The van der Waals surface area contributed by atoms with E-state index in [-0.39, 0.29) is 0 Å². The van der Waals surface area contributed by atoms with Crippen molar-refractivity contribution in [2.24, 2.45) is 0 Å². The molecule has 104 valence electrons. The van der Waals surface area contributed by atoms with Crippen LogP contribution in [0.2, 0.25) is 0 Å². The number of methoxy groups -OCH3 is 1. The molecule has 1 aromatic carbocycles. The number of carbonyl (C=O) groups excluding carboxylic acids is 1. The minimum atomic E-state index is -0.477. The molecule has 5 heteroatoms. The predicted molar refractivity (Wildman–Crippen MR) is 75.5 cm³/mol. The number of rotatable bonds is 4. The molecule has 0 atom stereocenters. The van der Waals surface area contributed by atoms with Crippen LogP contribution in [0.5, 0.6) is 5.75 Å². The Morgan fingerprint density at radius 1 is 1.30 bits per heavy atom. The Kier molecular flexibility index (Phi) is 4.20. The number of aryl methyl sites for hydroxylation is 1. The Hall–Kier alpha value is -2.56. The molecule has 0 spiro atoms. The van der Waals surface area contributed by atoms with E-state index in [4.69, 9.17) is 15.2 Å². The number of benzene rings is 1. The molecule has 2 aromatic rings. The molecular formula is C15H16N2O3. The number of nitrogen functional groups attached to an aromatic ring is 1. The summed E-state index contributed by atoms with van der Waals surface area (Å²) in [6, 6.07) is 6.85. The van der Waals surface area contributed by atoms with E-state index in [0.717, 1.165) is 11.1 Å². The summed E-state index contributed by atoms with van der Waals surface area (Å²) in [5.74, 6) is -0.0396. The van der Waals surface area contributed by atoms with Crippen LogP contribution in [0.15, 0.2) is 36.7 Å². The second-order valence-electron chi connectivity index (χ2n) is 4.41. The molecule has 0 unspecified atom stereocenters. The zero-order chi connectivity index (χ0) is 14.5. The number of hydrogen-bond acceptors (Lipinski definition) is 5. The molecule has 0 amide bonds. The zero-order valence-corrected chi connectivity index (χ0v) is 11.4. The van der Waals surface area contributed by atoms with Crippen molar-refractivity contribution in [3.05, 3.63) is 53.3 Å². The van der Waals surface area contributed by atoms with Crippen LogP contribution in [0.1, 0.15) is 21.5 Å². The van der Waals surface area contributed by atoms with Crippen molar-refractivity contribution >= 4 is 11.7 Å². The van der Waals surface area contributed by atoms with Crippen LogP contribution in [0.4, 0.5) is 5.69 Å². The van der Waals surface area contributed by atoms with Crippen LogP contribution in [0, 0.1) is 6.92 Å². The number of pyridine rings is 1. The molecule has 2 N–H and O–H groups in total. The number of aromatic nitrogens is 1. The smallest absolute Gasteiger partial charge is 0.341 e. The van der Waals surface area contributed by atoms with Crippen LogP contribution in [-0.2, 0) is 11.3 Å². The molecule has 20 heavy (non-hydrogen) atoms. The molecule has 0 radical (unpaired) electrons. The number of hydrogen-bond donors (Lipinski definition) is 1. The number of esters is 1. The van der Waals surface area contributed by atoms with Crippen molar-refractivity contribution in [2.45, 2.75) is 13.5 Å². The Morgan fingerprint density at radius 3 is 2.80 bits per heavy atom. The summed E-state index contributed by atoms with van der Waals surface area (Å²) < 4.78 is 10.4. The molecular weight excluding hydrogens is 256 g/mol. The number of anilines is 1. The third-order valence-electron chi connectivity index (χ3n) is 2.73. The zero-order valence-electron chi connectivity index (χ0n) is 11.4. The largest absolute Gasteiger partial charge is 0.488 e. The van der Waals surface area contributed by atoms with Gasteiger partial charge in [0.1, 0.15) is 17.9 Å². The monoisotopic (exact) mass is 272 g/mol. The van der Waals surface area contributed by atoms with Crippen molar-refractivity contribution < 1.29 is 14.3 Å². The lowest BCUT2D eigenvalue weighted by Gasteiger charge is -2.11. The van der Waals surface area contributed by atoms with Crippen LogP contribution in [-0.4, -0.2) is 18.1 Å². The van der Waals surface area contributed by atoms with E-state index in [1.165, 1.54) is 13.2 Å². The third-order valence-corrected chi connectivity index (χ3v) is 2.73. The Balaban J connectivity index is 2.19. The maximum absolute atomic E-state index is 11.7. The molecule has 5 nitrogen and oxygen atoms in total. The highest BCUT2D eigenvalue weighted by atomic mass is 16.5. The summed E-state index contributed by atoms with van der Waals surface area (Å²) in [5.41, 5.74) is 8.45. The van der Waals surface area contributed by atoms with Gasteiger partial charge in [-0.2, -0.15) is 0 Å². The summed E-state index contributed by atoms with van der Waals surface area (Å²) in [5, 5.41) is 0. The van der Waals surface area contributed by atoms with Crippen molar-refractivity contribution in [3.63, 3.8) is 0 Å². The number of nitrogens with zero attached hydrogens (tertiary/aromatic N) is 1. The van der Waals surface area contributed by atoms with Gasteiger partial charge < -0.3 is 15.2 Å². The number of ether oxygens (including phenoxy) is 2. The lowest BCUT2D eigenvalue weighted by Crippen LogP contribution is -2.07. The van der Waals surface area contributed by atoms with Crippen LogP contribution in [0.3, 0.4) is 0 Å². The Morgan fingerprint density at radius 2 is 2.10 bits per heavy atom. The van der Waals surface area contributed by atoms with Gasteiger partial charge in [0.25, 0.3) is 0 Å². The van der Waals surface area contributed by atoms with Gasteiger partial charge in [0.05, 0.1) is 7.11 Å². The van der Waals surface area contributed by atoms with Gasteiger partial charge in [0, 0.05) is 23.6 Å². The summed E-state index contributed by atoms with van der Waals surface area (Å²) in [6.07, 6.45) is 3.49. The first-order valence-electron chi connectivity index (χ1n) is 6.11. The first kappa shape index (κ1) is 13.9. The number of nitrogens with two attached hydrogens (primary N) is 1. The maximum atomic E-state index is 11.7. The molecule has 0 saturated carbocycles. The first-order chi connectivity index (χ1) is 9.60. The first-order valence-corrected chi connectivity index (χ1v) is 6.11. The lowest BCUT2D eigenvalue weighted by atomic mass is 10.1. The highest BCUT2D eigenvalue weighted by Crippen LogP contribution is 2.23. The summed E-state index contributed by atoms with van der Waals surface area (Å²) in [4.78, 5) is 15.8. The van der Waals surface area contributed by atoms with E-state index in [0.29, 0.717) is 23.6 Å². The van der Waals surface area contributed by atoms with E-state index in [1.807, 2.05) is 13.0 Å². The van der Waals surface area contributed by atoms with E-state index < -0.39 is 5.97 Å². The summed E-state index contributed by atoms with van der Waals surface area (Å²) >= 11 is 0. The fraction of sp³-hybridized carbons (Fsp3) is 0.200. The van der Waals surface area contributed by atoms with Crippen LogP contribution in [0.25, 0.3) is 0 Å². The van der Waals surface area contributed by atoms with Crippen molar-refractivity contribution in [1.82, 2.24) is 4.98 Å². The Labute approximate surface area is 117 Å². The Bertz CT molecular complexity index is 626. The molecule has 0 bridgehead atoms. The van der Waals surface area contributed by atoms with Crippen LogP contribution >= 0.6 is 0 Å². The topological polar surface area (TPSA) is 74.4 Å². The van der Waals surface area contributed by atoms with Gasteiger partial charge in [-0.3, -0.25) is 4.98 Å². The molecule has 0 fully saturated rings. The average Bonchev–Trinajstić information content (AvgIpc) is 2.45. The fourth-order valence-corrected chi connectivity index (χ4v) is 1.80. The minimum Gasteiger partial charge on any atom is -0.488 e. The highest BCUT2D eigenvalue weighted by Gasteiger charge is 2.13. The molecule has 0 aliphatic rings. The van der Waals surface area contributed by atoms with Gasteiger partial charge in [-0.1, -0.05) is 0 Å². The standard InChI is InChI=1S/C15H16N2O3/c1-10-5-11(8-17-7-10)9-20-14-4-3-12(16)6-13(14)15(18)19-2/h3-8H,9,16H2,1-2H3. The third kappa shape index (κ3) is 3.26. The molecule has 0 aliphatic heterocycles. The van der Waals surface area contributed by atoms with Gasteiger partial charge in [0.2, 0.25) is 0 Å². The van der Waals surface area contributed by atoms with E-state index in [1.54, 1.807) is 24.5 Å². The van der Waals surface area contributed by atoms with Gasteiger partial charge in [-0.15, -0.1) is 0 Å². The quantitative estimate of drug-likeness (QED) is 0.683. The second-order valence-corrected chi connectivity index (χ2v) is 4.41. The summed E-state index contributed by atoms with van der Waals surface area (Å²) in [7, 11) is 1.32. The molecule has 2 rings (SSSR count). The van der Waals surface area contributed by atoms with Crippen molar-refractivity contribution in [1.29, 1.82) is 0 Å². The van der Waals surface area contributed by atoms with E-state index in [2.05, 4.69) is 4.98 Å². The highest BCUT2D eigenvalue weighted by molar-refractivity contribution is 5.93. The minimum absolute atomic E-state index is 0.313. The van der Waals surface area contributed by atoms with Crippen LogP contribution < -0.4 is 10.5 Å². The van der Waals surface area contributed by atoms with Gasteiger partial charge in [-0.05, 0) is 36.8 Å². The molecule has 0 aliphatic carbocycles. The predicted octanol–water partition coefficient (Wildman–Crippen LogP) is 2.34. The molecule has 1 heterocycles. The van der Waals surface area contributed by atoms with Gasteiger partial charge in [-0.25, -0.2) is 4.79 Å². The van der Waals surface area contributed by atoms with E-state index in [9.17, 15) is 4.79 Å². The normalized spacial score (nSPS) is 10.1. The van der Waals surface area contributed by atoms with Gasteiger partial charge >= 0.3 is 5.97 Å². The summed E-state index contributed by atoms with van der Waals surface area (Å²) in [6.45, 7) is 2.28. The molecule has 1 aromatic heterocycles. The average molecular weight is 272 g/mol. The van der Waals surface area contributed by atoms with Crippen molar-refractivity contribution in [3.8, 4) is 5.75 Å². The SMILES string of the molecule is COC(=O)c1cc(N)ccc1OCc1cncc(C)c1. The second kappa shape index (κ2) is 6.06. The van der Waals surface area contributed by atoms with Crippen molar-refractivity contribution in [2.75, 3.05) is 12.8 Å². The van der Waals surface area contributed by atoms with E-state index >= 15 is 0 Å².